The molecule has 0 saturated carbocycles. The van der Waals surface area contributed by atoms with E-state index in [1.807, 2.05) is 37.3 Å². The lowest BCUT2D eigenvalue weighted by Crippen LogP contribution is -2.14. The van der Waals surface area contributed by atoms with Crippen molar-refractivity contribution in [2.45, 2.75) is 22.6 Å². The van der Waals surface area contributed by atoms with Gasteiger partial charge in [0, 0.05) is 17.6 Å². The zero-order valence-corrected chi connectivity index (χ0v) is 15.3. The third-order valence-electron chi connectivity index (χ3n) is 3.55. The van der Waals surface area contributed by atoms with E-state index in [4.69, 9.17) is 0 Å². The Morgan fingerprint density at radius 3 is 2.40 bits per heavy atom. The van der Waals surface area contributed by atoms with Gasteiger partial charge >= 0.3 is 0 Å². The first kappa shape index (κ1) is 17.5. The second kappa shape index (κ2) is 7.72. The molecular formula is C19H18N2O2S2. The third-order valence-corrected chi connectivity index (χ3v) is 6.17. The molecule has 0 atom stereocenters. The molecule has 4 nitrogen and oxygen atoms in total. The summed E-state index contributed by atoms with van der Waals surface area (Å²) in [4.78, 5) is 4.45. The first-order valence-electron chi connectivity index (χ1n) is 7.76. The molecule has 0 amide bonds. The Labute approximate surface area is 152 Å². The first-order chi connectivity index (χ1) is 12.0. The van der Waals surface area contributed by atoms with E-state index < -0.39 is 10.0 Å². The van der Waals surface area contributed by atoms with Gasteiger partial charge in [0.1, 0.15) is 9.92 Å². The Morgan fingerprint density at radius 2 is 1.68 bits per heavy atom. The SMILES string of the molecule is Cc1ccc(CSc2ncccc2S(=O)(=O)Nc2ccccc2)cc1. The normalized spacial score (nSPS) is 11.2. The summed E-state index contributed by atoms with van der Waals surface area (Å²) < 4.78 is 28.0. The van der Waals surface area contributed by atoms with Crippen molar-refractivity contribution in [1.82, 2.24) is 4.98 Å². The van der Waals surface area contributed by atoms with Crippen LogP contribution in [-0.4, -0.2) is 13.4 Å². The van der Waals surface area contributed by atoms with Crippen LogP contribution < -0.4 is 4.72 Å². The number of pyridine rings is 1. The molecule has 0 aliphatic carbocycles. The van der Waals surface area contributed by atoms with Gasteiger partial charge < -0.3 is 0 Å². The highest BCUT2D eigenvalue weighted by Gasteiger charge is 2.19. The van der Waals surface area contributed by atoms with Gasteiger partial charge in [0.05, 0.1) is 0 Å². The van der Waals surface area contributed by atoms with Crippen LogP contribution >= 0.6 is 11.8 Å². The summed E-state index contributed by atoms with van der Waals surface area (Å²) >= 11 is 1.41. The van der Waals surface area contributed by atoms with E-state index in [0.29, 0.717) is 16.5 Å². The summed E-state index contributed by atoms with van der Waals surface area (Å²) in [5, 5.41) is 0.492. The molecule has 0 aliphatic rings. The van der Waals surface area contributed by atoms with E-state index in [0.717, 1.165) is 5.56 Å². The Morgan fingerprint density at radius 1 is 0.960 bits per heavy atom. The number of hydrogen-bond donors (Lipinski definition) is 1. The highest BCUT2D eigenvalue weighted by molar-refractivity contribution is 7.99. The molecule has 1 heterocycles. The van der Waals surface area contributed by atoms with Crippen LogP contribution in [0.25, 0.3) is 0 Å². The van der Waals surface area contributed by atoms with Crippen molar-refractivity contribution in [3.05, 3.63) is 84.1 Å². The number of para-hydroxylation sites is 1. The third kappa shape index (κ3) is 4.61. The molecule has 0 fully saturated rings. The van der Waals surface area contributed by atoms with Crippen LogP contribution in [0.3, 0.4) is 0 Å². The van der Waals surface area contributed by atoms with Gasteiger partial charge in [-0.3, -0.25) is 4.72 Å². The number of hydrogen-bond acceptors (Lipinski definition) is 4. The maximum atomic E-state index is 12.7. The van der Waals surface area contributed by atoms with Crippen molar-refractivity contribution in [2.75, 3.05) is 4.72 Å². The number of benzene rings is 2. The molecule has 0 unspecified atom stereocenters. The lowest BCUT2D eigenvalue weighted by Gasteiger charge is -2.11. The van der Waals surface area contributed by atoms with Crippen LogP contribution in [0.2, 0.25) is 0 Å². The first-order valence-corrected chi connectivity index (χ1v) is 10.2. The zero-order chi connectivity index (χ0) is 17.7. The lowest BCUT2D eigenvalue weighted by atomic mass is 10.2. The van der Waals surface area contributed by atoms with Gasteiger partial charge in [0.15, 0.2) is 0 Å². The highest BCUT2D eigenvalue weighted by atomic mass is 32.2. The monoisotopic (exact) mass is 370 g/mol. The van der Waals surface area contributed by atoms with Crippen LogP contribution in [0.15, 0.2) is 82.8 Å². The fourth-order valence-electron chi connectivity index (χ4n) is 2.24. The maximum Gasteiger partial charge on any atom is 0.264 e. The summed E-state index contributed by atoms with van der Waals surface area (Å²) in [6.07, 6.45) is 1.61. The smallest absolute Gasteiger partial charge is 0.264 e. The standard InChI is InChI=1S/C19H18N2O2S2/c1-15-9-11-16(12-10-15)14-24-19-18(8-5-13-20-19)25(22,23)21-17-6-3-2-4-7-17/h2-13,21H,14H2,1H3. The summed E-state index contributed by atoms with van der Waals surface area (Å²) in [6.45, 7) is 2.04. The van der Waals surface area contributed by atoms with Crippen molar-refractivity contribution in [1.29, 1.82) is 0 Å². The molecular weight excluding hydrogens is 352 g/mol. The quantitative estimate of drug-likeness (QED) is 0.650. The molecule has 0 bridgehead atoms. The van der Waals surface area contributed by atoms with E-state index in [-0.39, 0.29) is 4.90 Å². The van der Waals surface area contributed by atoms with Crippen LogP contribution in [0.5, 0.6) is 0 Å². The molecule has 2 aromatic carbocycles. The highest BCUT2D eigenvalue weighted by Crippen LogP contribution is 2.28. The van der Waals surface area contributed by atoms with E-state index in [1.165, 1.54) is 17.3 Å². The van der Waals surface area contributed by atoms with Gasteiger partial charge in [-0.1, -0.05) is 48.0 Å². The predicted octanol–water partition coefficient (Wildman–Crippen LogP) is 4.48. The number of aryl methyl sites for hydroxylation is 1. The van der Waals surface area contributed by atoms with Gasteiger partial charge in [0.25, 0.3) is 10.0 Å². The van der Waals surface area contributed by atoms with Crippen molar-refractivity contribution in [2.24, 2.45) is 0 Å². The Kier molecular flexibility index (Phi) is 5.40. The average molecular weight is 370 g/mol. The number of aromatic nitrogens is 1. The topological polar surface area (TPSA) is 59.1 Å². The number of thioether (sulfide) groups is 1. The molecule has 25 heavy (non-hydrogen) atoms. The second-order valence-electron chi connectivity index (χ2n) is 5.55. The van der Waals surface area contributed by atoms with E-state index in [2.05, 4.69) is 9.71 Å². The van der Waals surface area contributed by atoms with E-state index in [1.54, 1.807) is 42.6 Å². The van der Waals surface area contributed by atoms with Crippen molar-refractivity contribution in [3.63, 3.8) is 0 Å². The zero-order valence-electron chi connectivity index (χ0n) is 13.7. The molecule has 0 radical (unpaired) electrons. The summed E-state index contributed by atoms with van der Waals surface area (Å²) in [5.41, 5.74) is 2.85. The van der Waals surface area contributed by atoms with Gasteiger partial charge in [-0.25, -0.2) is 13.4 Å². The maximum absolute atomic E-state index is 12.7. The molecule has 6 heteroatoms. The molecule has 3 rings (SSSR count). The average Bonchev–Trinajstić information content (AvgIpc) is 2.62. The minimum absolute atomic E-state index is 0.191. The minimum Gasteiger partial charge on any atom is -0.280 e. The summed E-state index contributed by atoms with van der Waals surface area (Å²) in [7, 11) is -3.69. The van der Waals surface area contributed by atoms with Gasteiger partial charge in [-0.05, 0) is 36.8 Å². The molecule has 0 saturated heterocycles. The predicted molar refractivity (Wildman–Crippen MR) is 102 cm³/mol. The number of sulfonamides is 1. The Hall–Kier alpha value is -2.31. The van der Waals surface area contributed by atoms with Crippen molar-refractivity contribution < 1.29 is 8.42 Å². The molecule has 128 valence electrons. The molecule has 0 spiro atoms. The number of rotatable bonds is 6. The number of anilines is 1. The number of nitrogens with zero attached hydrogens (tertiary/aromatic N) is 1. The van der Waals surface area contributed by atoms with Gasteiger partial charge in [-0.2, -0.15) is 0 Å². The minimum atomic E-state index is -3.69. The Balaban J connectivity index is 1.81. The van der Waals surface area contributed by atoms with Crippen LogP contribution in [0, 0.1) is 6.92 Å². The van der Waals surface area contributed by atoms with Crippen LogP contribution in [0.4, 0.5) is 5.69 Å². The van der Waals surface area contributed by atoms with E-state index in [9.17, 15) is 8.42 Å². The molecule has 1 N–H and O–H groups in total. The van der Waals surface area contributed by atoms with Gasteiger partial charge in [0.2, 0.25) is 0 Å². The molecule has 0 aliphatic heterocycles. The van der Waals surface area contributed by atoms with Crippen LogP contribution in [0.1, 0.15) is 11.1 Å². The fraction of sp³-hybridized carbons (Fsp3) is 0.105. The summed E-state index contributed by atoms with van der Waals surface area (Å²) in [6, 6.07) is 20.2. The molecule has 1 aromatic heterocycles. The van der Waals surface area contributed by atoms with Crippen molar-refractivity contribution in [3.8, 4) is 0 Å². The van der Waals surface area contributed by atoms with Crippen molar-refractivity contribution >= 4 is 27.5 Å². The summed E-state index contributed by atoms with van der Waals surface area (Å²) in [5.74, 6) is 0.658. The number of nitrogens with one attached hydrogen (secondary N) is 1. The Bertz CT molecular complexity index is 941. The largest absolute Gasteiger partial charge is 0.280 e. The van der Waals surface area contributed by atoms with E-state index >= 15 is 0 Å². The van der Waals surface area contributed by atoms with Gasteiger partial charge in [-0.15, -0.1) is 11.8 Å². The fourth-order valence-corrected chi connectivity index (χ4v) is 4.69. The van der Waals surface area contributed by atoms with Crippen LogP contribution in [-0.2, 0) is 15.8 Å². The molecule has 3 aromatic rings. The lowest BCUT2D eigenvalue weighted by molar-refractivity contribution is 0.598. The second-order valence-corrected chi connectivity index (χ2v) is 8.17.